The summed E-state index contributed by atoms with van der Waals surface area (Å²) >= 11 is 3.36. The minimum Gasteiger partial charge on any atom is -0.486 e. The average molecular weight is 575 g/mol. The molecule has 156 valence electrons. The molecule has 1 amide bonds. The first kappa shape index (κ1) is 23.3. The Morgan fingerprint density at radius 3 is 2.48 bits per heavy atom. The molecule has 7 nitrogen and oxygen atoms in total. The number of fused-ring (bicyclic) bond motifs is 1. The zero-order valence-electron chi connectivity index (χ0n) is 16.0. The van der Waals surface area contributed by atoms with Crippen LogP contribution in [0.25, 0.3) is 0 Å². The zero-order valence-corrected chi connectivity index (χ0v) is 19.9. The fourth-order valence-electron chi connectivity index (χ4n) is 2.66. The predicted molar refractivity (Wildman–Crippen MR) is 128 cm³/mol. The topological polar surface area (TPSA) is 84.0 Å². The molecule has 3 rings (SSSR count). The van der Waals surface area contributed by atoms with E-state index in [1.165, 1.54) is 0 Å². The van der Waals surface area contributed by atoms with Gasteiger partial charge in [0.1, 0.15) is 12.7 Å². The summed E-state index contributed by atoms with van der Waals surface area (Å²) in [6.45, 7) is 2.06. The van der Waals surface area contributed by atoms with E-state index < -0.39 is 0 Å². The number of carbonyl (C=O) groups excluding carboxylic acids is 1. The summed E-state index contributed by atoms with van der Waals surface area (Å²) in [6, 6.07) is 14.9. The van der Waals surface area contributed by atoms with E-state index in [1.54, 1.807) is 19.2 Å². The number of nitrogens with zero attached hydrogens (tertiary/aromatic N) is 1. The molecule has 1 aliphatic heterocycles. The van der Waals surface area contributed by atoms with Crippen molar-refractivity contribution < 1.29 is 14.3 Å². The third kappa shape index (κ3) is 7.07. The molecule has 0 saturated carbocycles. The van der Waals surface area contributed by atoms with Crippen LogP contribution in [-0.2, 0) is 0 Å². The highest BCUT2D eigenvalue weighted by Gasteiger charge is 2.20. The van der Waals surface area contributed by atoms with Gasteiger partial charge in [-0.15, -0.1) is 24.0 Å². The Morgan fingerprint density at radius 1 is 1.07 bits per heavy atom. The summed E-state index contributed by atoms with van der Waals surface area (Å²) in [6.07, 6.45) is -0.106. The van der Waals surface area contributed by atoms with Crippen LogP contribution < -0.4 is 25.4 Å². The third-order valence-electron chi connectivity index (χ3n) is 4.10. The number of guanidine groups is 1. The lowest BCUT2D eigenvalue weighted by atomic mass is 10.2. The van der Waals surface area contributed by atoms with Gasteiger partial charge in [0, 0.05) is 30.2 Å². The van der Waals surface area contributed by atoms with E-state index in [0.717, 1.165) is 16.0 Å². The van der Waals surface area contributed by atoms with Gasteiger partial charge in [0.05, 0.1) is 6.54 Å². The molecule has 1 aliphatic rings. The number of halogens is 2. The normalized spacial score (nSPS) is 15.1. The number of rotatable bonds is 6. The lowest BCUT2D eigenvalue weighted by Crippen LogP contribution is -2.46. The Labute approximate surface area is 195 Å². The van der Waals surface area contributed by atoms with Gasteiger partial charge in [-0.2, -0.15) is 0 Å². The van der Waals surface area contributed by atoms with Crippen LogP contribution in [-0.4, -0.2) is 51.3 Å². The molecule has 0 aliphatic carbocycles. The van der Waals surface area contributed by atoms with Crippen molar-refractivity contribution in [2.45, 2.75) is 6.10 Å². The summed E-state index contributed by atoms with van der Waals surface area (Å²) in [5, 5.41) is 9.25. The van der Waals surface area contributed by atoms with Crippen molar-refractivity contribution in [3.8, 4) is 11.5 Å². The molecule has 0 fully saturated rings. The van der Waals surface area contributed by atoms with Crippen LogP contribution in [0.3, 0.4) is 0 Å². The van der Waals surface area contributed by atoms with Crippen molar-refractivity contribution in [3.05, 3.63) is 58.6 Å². The summed E-state index contributed by atoms with van der Waals surface area (Å²) in [4.78, 5) is 16.3. The van der Waals surface area contributed by atoms with Crippen LogP contribution in [0.4, 0.5) is 0 Å². The molecule has 0 radical (unpaired) electrons. The van der Waals surface area contributed by atoms with Crippen molar-refractivity contribution >= 4 is 51.8 Å². The Kier molecular flexibility index (Phi) is 9.52. The average Bonchev–Trinajstić information content (AvgIpc) is 2.73. The van der Waals surface area contributed by atoms with Crippen LogP contribution in [0.5, 0.6) is 11.5 Å². The van der Waals surface area contributed by atoms with Gasteiger partial charge in [-0.25, -0.2) is 0 Å². The SMILES string of the molecule is CN=C(NCCNC(=O)c1ccc(Br)cc1)NCC1COc2ccccc2O1.I. The van der Waals surface area contributed by atoms with Gasteiger partial charge in [-0.05, 0) is 36.4 Å². The highest BCUT2D eigenvalue weighted by molar-refractivity contribution is 14.0. The summed E-state index contributed by atoms with van der Waals surface area (Å²) in [5.41, 5.74) is 0.625. The van der Waals surface area contributed by atoms with Gasteiger partial charge < -0.3 is 25.4 Å². The largest absolute Gasteiger partial charge is 0.486 e. The highest BCUT2D eigenvalue weighted by Crippen LogP contribution is 2.30. The van der Waals surface area contributed by atoms with E-state index in [9.17, 15) is 4.79 Å². The number of benzene rings is 2. The third-order valence-corrected chi connectivity index (χ3v) is 4.63. The van der Waals surface area contributed by atoms with Gasteiger partial charge in [0.2, 0.25) is 0 Å². The fraction of sp³-hybridized carbons (Fsp3) is 0.300. The molecule has 1 unspecified atom stereocenters. The Bertz CT molecular complexity index is 833. The minimum absolute atomic E-state index is 0. The molecule has 2 aromatic rings. The number of hydrogen-bond acceptors (Lipinski definition) is 4. The molecule has 2 aromatic carbocycles. The number of amides is 1. The van der Waals surface area contributed by atoms with Gasteiger partial charge in [-0.3, -0.25) is 9.79 Å². The van der Waals surface area contributed by atoms with E-state index >= 15 is 0 Å². The summed E-state index contributed by atoms with van der Waals surface area (Å²) < 4.78 is 12.6. The lowest BCUT2D eigenvalue weighted by molar-refractivity contribution is 0.0936. The van der Waals surface area contributed by atoms with E-state index in [0.29, 0.717) is 37.8 Å². The van der Waals surface area contributed by atoms with Crippen LogP contribution in [0.15, 0.2) is 58.0 Å². The van der Waals surface area contributed by atoms with Gasteiger partial charge in [0.15, 0.2) is 17.5 Å². The fourth-order valence-corrected chi connectivity index (χ4v) is 2.92. The number of aliphatic imine (C=N–C) groups is 1. The molecule has 9 heteroatoms. The highest BCUT2D eigenvalue weighted by atomic mass is 127. The Balaban J connectivity index is 0.00000300. The first-order chi connectivity index (χ1) is 13.7. The molecule has 0 spiro atoms. The lowest BCUT2D eigenvalue weighted by Gasteiger charge is -2.27. The summed E-state index contributed by atoms with van der Waals surface area (Å²) in [7, 11) is 1.70. The first-order valence-electron chi connectivity index (χ1n) is 9.02. The van der Waals surface area contributed by atoms with Crippen LogP contribution in [0, 0.1) is 0 Å². The first-order valence-corrected chi connectivity index (χ1v) is 9.82. The summed E-state index contributed by atoms with van der Waals surface area (Å²) in [5.74, 6) is 2.05. The van der Waals surface area contributed by atoms with Crippen LogP contribution in [0.1, 0.15) is 10.4 Å². The quantitative estimate of drug-likeness (QED) is 0.214. The predicted octanol–water partition coefficient (Wildman–Crippen LogP) is 2.80. The maximum absolute atomic E-state index is 12.1. The van der Waals surface area contributed by atoms with Crippen molar-refractivity contribution in [2.24, 2.45) is 4.99 Å². The number of nitrogens with one attached hydrogen (secondary N) is 3. The maximum Gasteiger partial charge on any atom is 0.251 e. The zero-order chi connectivity index (χ0) is 19.8. The Hall–Kier alpha value is -2.01. The molecule has 0 bridgehead atoms. The monoisotopic (exact) mass is 574 g/mol. The molecule has 1 heterocycles. The molecular formula is C20H24BrIN4O3. The van der Waals surface area contributed by atoms with Crippen molar-refractivity contribution in [3.63, 3.8) is 0 Å². The number of ether oxygens (including phenoxy) is 2. The van der Waals surface area contributed by atoms with Crippen molar-refractivity contribution in [1.29, 1.82) is 0 Å². The molecule has 29 heavy (non-hydrogen) atoms. The number of hydrogen-bond donors (Lipinski definition) is 3. The smallest absolute Gasteiger partial charge is 0.251 e. The van der Waals surface area contributed by atoms with Crippen molar-refractivity contribution in [2.75, 3.05) is 33.3 Å². The standard InChI is InChI=1S/C20H23BrN4O3.HI/c1-22-20(24-11-10-23-19(26)14-6-8-15(21)9-7-14)25-12-16-13-27-17-4-2-3-5-18(17)28-16;/h2-9,16H,10-13H2,1H3,(H,23,26)(H2,22,24,25);1H. The molecular weight excluding hydrogens is 551 g/mol. The molecule has 0 saturated heterocycles. The second kappa shape index (κ2) is 11.9. The second-order valence-electron chi connectivity index (χ2n) is 6.14. The van der Waals surface area contributed by atoms with E-state index in [-0.39, 0.29) is 36.0 Å². The van der Waals surface area contributed by atoms with Gasteiger partial charge in [-0.1, -0.05) is 28.1 Å². The Morgan fingerprint density at radius 2 is 1.76 bits per heavy atom. The number of carbonyl (C=O) groups is 1. The molecule has 1 atom stereocenters. The molecule has 0 aromatic heterocycles. The minimum atomic E-state index is -0.108. The van der Waals surface area contributed by atoms with Gasteiger partial charge in [0.25, 0.3) is 5.91 Å². The second-order valence-corrected chi connectivity index (χ2v) is 7.06. The van der Waals surface area contributed by atoms with E-state index in [1.807, 2.05) is 36.4 Å². The van der Waals surface area contributed by atoms with E-state index in [2.05, 4.69) is 36.9 Å². The van der Waals surface area contributed by atoms with E-state index in [4.69, 9.17) is 9.47 Å². The van der Waals surface area contributed by atoms with Crippen LogP contribution >= 0.6 is 39.9 Å². The van der Waals surface area contributed by atoms with Gasteiger partial charge >= 0.3 is 0 Å². The van der Waals surface area contributed by atoms with Crippen molar-refractivity contribution in [1.82, 2.24) is 16.0 Å². The number of para-hydroxylation sites is 2. The maximum atomic E-state index is 12.1. The molecule has 3 N–H and O–H groups in total. The van der Waals surface area contributed by atoms with Crippen LogP contribution in [0.2, 0.25) is 0 Å².